The summed E-state index contributed by atoms with van der Waals surface area (Å²) >= 11 is 0. The van der Waals surface area contributed by atoms with Crippen molar-refractivity contribution < 1.29 is 26.7 Å². The molecule has 3 aromatic heterocycles. The van der Waals surface area contributed by atoms with Crippen molar-refractivity contribution in [2.45, 2.75) is 31.5 Å². The molecule has 1 unspecified atom stereocenters. The predicted octanol–water partition coefficient (Wildman–Crippen LogP) is 3.42. The second-order valence-corrected chi connectivity index (χ2v) is 7.22. The van der Waals surface area contributed by atoms with E-state index in [0.717, 1.165) is 11.1 Å². The van der Waals surface area contributed by atoms with Gasteiger partial charge in [-0.2, -0.15) is 13.2 Å². The molecule has 1 atom stereocenters. The van der Waals surface area contributed by atoms with E-state index in [4.69, 9.17) is 0 Å². The number of alkyl halides is 3. The summed E-state index contributed by atoms with van der Waals surface area (Å²) in [5.41, 5.74) is 0.785. The summed E-state index contributed by atoms with van der Waals surface area (Å²) < 4.78 is 66.9. The summed E-state index contributed by atoms with van der Waals surface area (Å²) in [6.07, 6.45) is -1.57. The van der Waals surface area contributed by atoms with E-state index in [1.54, 1.807) is 0 Å². The molecule has 1 fully saturated rings. The number of hydrogen-bond donors (Lipinski definition) is 1. The fraction of sp³-hybridized carbons (Fsp3) is 0.368. The van der Waals surface area contributed by atoms with Gasteiger partial charge in [-0.15, -0.1) is 0 Å². The largest absolute Gasteiger partial charge is 0.397 e. The average Bonchev–Trinajstić information content (AvgIpc) is 3.11. The molecule has 4 rings (SSSR count). The van der Waals surface area contributed by atoms with Gasteiger partial charge in [-0.3, -0.25) is 9.20 Å². The number of fused-ring (bicyclic) bond motifs is 1. The van der Waals surface area contributed by atoms with Gasteiger partial charge < -0.3 is 10.2 Å². The number of nitrogens with one attached hydrogen (secondary N) is 1. The number of aromatic nitrogens is 4. The minimum Gasteiger partial charge on any atom is -0.363 e. The number of rotatable bonds is 4. The molecule has 12 heteroatoms. The smallest absolute Gasteiger partial charge is 0.363 e. The molecule has 1 N–H and O–H groups in total. The Labute approximate surface area is 172 Å². The molecule has 31 heavy (non-hydrogen) atoms. The molecule has 0 aromatic carbocycles. The molecule has 1 aliphatic rings. The molecule has 164 valence electrons. The number of piperidine rings is 1. The first-order valence-electron chi connectivity index (χ1n) is 9.46. The zero-order chi connectivity index (χ0) is 22.2. The minimum absolute atomic E-state index is 0.00544. The molecule has 1 aliphatic heterocycles. The zero-order valence-electron chi connectivity index (χ0n) is 16.0. The summed E-state index contributed by atoms with van der Waals surface area (Å²) in [5.74, 6) is -2.36. The van der Waals surface area contributed by atoms with Gasteiger partial charge >= 0.3 is 6.18 Å². The summed E-state index contributed by atoms with van der Waals surface area (Å²) in [6.45, 7) is 0.201. The van der Waals surface area contributed by atoms with E-state index in [0.29, 0.717) is 24.2 Å². The monoisotopic (exact) mass is 440 g/mol. The Morgan fingerprint density at radius 1 is 1.19 bits per heavy atom. The summed E-state index contributed by atoms with van der Waals surface area (Å²) in [5, 5.41) is 2.85. The van der Waals surface area contributed by atoms with Crippen molar-refractivity contribution in [2.75, 3.05) is 18.4 Å². The fourth-order valence-corrected chi connectivity index (χ4v) is 3.51. The third-order valence-electron chi connectivity index (χ3n) is 4.91. The highest BCUT2D eigenvalue weighted by molar-refractivity contribution is 5.77. The Hall–Kier alpha value is -3.31. The van der Waals surface area contributed by atoms with Crippen LogP contribution >= 0.6 is 0 Å². The maximum Gasteiger partial charge on any atom is 0.397 e. The Morgan fingerprint density at radius 2 is 2.00 bits per heavy atom. The third kappa shape index (κ3) is 4.72. The van der Waals surface area contributed by atoms with Crippen LogP contribution < -0.4 is 5.32 Å². The lowest BCUT2D eigenvalue weighted by molar-refractivity contribution is -0.162. The number of anilines is 1. The number of likely N-dealkylation sites (tertiary alicyclic amines) is 1. The number of halogens is 5. The van der Waals surface area contributed by atoms with Crippen molar-refractivity contribution in [1.29, 1.82) is 0 Å². The number of carbonyl (C=O) groups is 1. The van der Waals surface area contributed by atoms with Crippen LogP contribution in [0.4, 0.5) is 27.8 Å². The van der Waals surface area contributed by atoms with Gasteiger partial charge in [-0.05, 0) is 25.0 Å². The quantitative estimate of drug-likeness (QED) is 0.630. The molecule has 0 radical (unpaired) electrons. The first-order chi connectivity index (χ1) is 14.7. The van der Waals surface area contributed by atoms with Crippen LogP contribution in [0.3, 0.4) is 0 Å². The van der Waals surface area contributed by atoms with Crippen LogP contribution in [0.25, 0.3) is 17.2 Å². The molecule has 0 spiro atoms. The number of amides is 1. The van der Waals surface area contributed by atoms with E-state index < -0.39 is 36.2 Å². The lowest BCUT2D eigenvalue weighted by atomic mass is 10.1. The van der Waals surface area contributed by atoms with E-state index in [1.165, 1.54) is 28.9 Å². The number of imidazole rings is 1. The fourth-order valence-electron chi connectivity index (χ4n) is 3.51. The Balaban J connectivity index is 1.54. The highest BCUT2D eigenvalue weighted by atomic mass is 19.4. The Bertz CT molecular complexity index is 1110. The Morgan fingerprint density at radius 3 is 2.77 bits per heavy atom. The van der Waals surface area contributed by atoms with Gasteiger partial charge in [-0.1, -0.05) is 0 Å². The van der Waals surface area contributed by atoms with Gasteiger partial charge in [0.25, 0.3) is 0 Å². The first-order valence-corrected chi connectivity index (χ1v) is 9.46. The van der Waals surface area contributed by atoms with Gasteiger partial charge in [0.2, 0.25) is 5.91 Å². The average molecular weight is 440 g/mol. The third-order valence-corrected chi connectivity index (χ3v) is 4.91. The number of carbonyl (C=O) groups excluding carboxylic acids is 1. The molecule has 1 amide bonds. The van der Waals surface area contributed by atoms with Crippen molar-refractivity contribution >= 4 is 17.4 Å². The normalized spacial score (nSPS) is 17.2. The lowest BCUT2D eigenvalue weighted by Crippen LogP contribution is -2.46. The van der Waals surface area contributed by atoms with Crippen LogP contribution in [0.2, 0.25) is 0 Å². The highest BCUT2D eigenvalue weighted by Crippen LogP contribution is 2.25. The summed E-state index contributed by atoms with van der Waals surface area (Å²) in [4.78, 5) is 25.2. The molecular weight excluding hydrogens is 423 g/mol. The summed E-state index contributed by atoms with van der Waals surface area (Å²) in [7, 11) is 0. The van der Waals surface area contributed by atoms with E-state index in [-0.39, 0.29) is 24.7 Å². The SMILES string of the molecule is O=C(CC(F)(F)F)N1CCCC(Nc2nc(-c3cnc4ccc(F)cn34)ncc2F)C1. The van der Waals surface area contributed by atoms with Crippen LogP contribution in [0.5, 0.6) is 0 Å². The van der Waals surface area contributed by atoms with Crippen LogP contribution in [0.1, 0.15) is 19.3 Å². The van der Waals surface area contributed by atoms with Crippen molar-refractivity contribution in [3.05, 3.63) is 42.4 Å². The second-order valence-electron chi connectivity index (χ2n) is 7.22. The Kier molecular flexibility index (Phi) is 5.46. The van der Waals surface area contributed by atoms with Gasteiger partial charge in [0, 0.05) is 25.3 Å². The van der Waals surface area contributed by atoms with E-state index >= 15 is 0 Å². The molecule has 4 heterocycles. The molecular formula is C19H17F5N6O. The summed E-state index contributed by atoms with van der Waals surface area (Å²) in [6, 6.07) is 2.23. The van der Waals surface area contributed by atoms with Crippen LogP contribution in [0.15, 0.2) is 30.7 Å². The predicted molar refractivity (Wildman–Crippen MR) is 100 cm³/mol. The lowest BCUT2D eigenvalue weighted by Gasteiger charge is -2.33. The van der Waals surface area contributed by atoms with Crippen molar-refractivity contribution in [3.63, 3.8) is 0 Å². The molecule has 1 saturated heterocycles. The van der Waals surface area contributed by atoms with Gasteiger partial charge in [0.05, 0.1) is 12.4 Å². The number of nitrogens with zero attached hydrogens (tertiary/aromatic N) is 5. The van der Waals surface area contributed by atoms with E-state index in [2.05, 4.69) is 20.3 Å². The first kappa shape index (κ1) is 20.9. The van der Waals surface area contributed by atoms with Crippen molar-refractivity contribution in [1.82, 2.24) is 24.3 Å². The van der Waals surface area contributed by atoms with Gasteiger partial charge in [0.1, 0.15) is 23.6 Å². The van der Waals surface area contributed by atoms with Gasteiger partial charge in [0.15, 0.2) is 17.5 Å². The van der Waals surface area contributed by atoms with E-state index in [9.17, 15) is 26.7 Å². The molecule has 0 aliphatic carbocycles. The van der Waals surface area contributed by atoms with Gasteiger partial charge in [-0.25, -0.2) is 23.7 Å². The van der Waals surface area contributed by atoms with Crippen LogP contribution in [-0.4, -0.2) is 55.5 Å². The second kappa shape index (κ2) is 8.08. The number of hydrogen-bond acceptors (Lipinski definition) is 5. The maximum atomic E-state index is 14.3. The van der Waals surface area contributed by atoms with Crippen molar-refractivity contribution in [2.24, 2.45) is 0 Å². The van der Waals surface area contributed by atoms with Crippen LogP contribution in [0, 0.1) is 11.6 Å². The maximum absolute atomic E-state index is 14.3. The van der Waals surface area contributed by atoms with Crippen LogP contribution in [-0.2, 0) is 4.79 Å². The topological polar surface area (TPSA) is 75.4 Å². The van der Waals surface area contributed by atoms with Crippen molar-refractivity contribution in [3.8, 4) is 11.5 Å². The molecule has 7 nitrogen and oxygen atoms in total. The zero-order valence-corrected chi connectivity index (χ0v) is 16.0. The molecule has 0 bridgehead atoms. The highest BCUT2D eigenvalue weighted by Gasteiger charge is 2.35. The molecule has 0 saturated carbocycles. The number of pyridine rings is 1. The molecule has 3 aromatic rings. The van der Waals surface area contributed by atoms with E-state index in [1.807, 2.05) is 0 Å². The standard InChI is InChI=1S/C19H17F5N6O/c20-11-3-4-15-25-8-14(30(15)9-11)18-26-7-13(21)17(28-18)27-12-2-1-5-29(10-12)16(31)6-19(22,23)24/h3-4,7-9,12H,1-2,5-6,10H2,(H,26,27,28). The minimum atomic E-state index is -4.58.